The number of aromatic nitrogens is 5. The van der Waals surface area contributed by atoms with Crippen molar-refractivity contribution in [1.82, 2.24) is 25.3 Å². The maximum Gasteiger partial charge on any atom is 0.313 e. The molecule has 2 heterocycles. The molecule has 0 aliphatic rings. The smallest absolute Gasteiger partial charge is 0.313 e. The molecule has 0 saturated heterocycles. The molecular formula is C13H10ClN5O2. The Morgan fingerprint density at radius 3 is 2.71 bits per heavy atom. The number of fused-ring (bicyclic) bond motifs is 1. The standard InChI is InChI=1S/C13H10ClN5O2/c14-9-3-1-8(2-4-9)7-10(13(20)21)11-5-6-12-15-17-18-19(12)16-11/h1-6,10H,7H2,(H,20,21). The van der Waals surface area contributed by atoms with Crippen LogP contribution in [0.4, 0.5) is 0 Å². The number of rotatable bonds is 4. The highest BCUT2D eigenvalue weighted by Crippen LogP contribution is 2.21. The SMILES string of the molecule is O=C(O)C(Cc1ccc(Cl)cc1)c1ccc2nnnn2n1. The first kappa shape index (κ1) is 13.4. The second kappa shape index (κ2) is 5.45. The lowest BCUT2D eigenvalue weighted by Gasteiger charge is -2.11. The number of hydrogen-bond acceptors (Lipinski definition) is 5. The summed E-state index contributed by atoms with van der Waals surface area (Å²) in [7, 11) is 0. The number of halogens is 1. The van der Waals surface area contributed by atoms with Crippen molar-refractivity contribution in [3.8, 4) is 0 Å². The molecule has 21 heavy (non-hydrogen) atoms. The van der Waals surface area contributed by atoms with E-state index in [4.69, 9.17) is 11.6 Å². The van der Waals surface area contributed by atoms with E-state index in [9.17, 15) is 9.90 Å². The first-order chi connectivity index (χ1) is 10.1. The highest BCUT2D eigenvalue weighted by molar-refractivity contribution is 6.30. The largest absolute Gasteiger partial charge is 0.481 e. The zero-order valence-corrected chi connectivity index (χ0v) is 11.5. The lowest BCUT2D eigenvalue weighted by molar-refractivity contribution is -0.138. The van der Waals surface area contributed by atoms with E-state index < -0.39 is 11.9 Å². The molecule has 0 bridgehead atoms. The number of carboxylic acids is 1. The average molecular weight is 304 g/mol. The molecule has 0 aliphatic carbocycles. The molecule has 0 amide bonds. The summed E-state index contributed by atoms with van der Waals surface area (Å²) in [4.78, 5) is 11.5. The maximum absolute atomic E-state index is 11.5. The summed E-state index contributed by atoms with van der Waals surface area (Å²) in [5, 5.41) is 25.1. The molecule has 1 atom stereocenters. The van der Waals surface area contributed by atoms with Gasteiger partial charge in [-0.2, -0.15) is 5.10 Å². The number of aliphatic carboxylic acids is 1. The molecule has 1 N–H and O–H groups in total. The second-order valence-corrected chi connectivity index (χ2v) is 4.94. The molecule has 1 aromatic carbocycles. The van der Waals surface area contributed by atoms with Gasteiger partial charge in [-0.15, -0.1) is 9.73 Å². The topological polar surface area (TPSA) is 93.3 Å². The molecule has 0 fully saturated rings. The average Bonchev–Trinajstić information content (AvgIpc) is 2.93. The van der Waals surface area contributed by atoms with Crippen LogP contribution in [0.1, 0.15) is 17.2 Å². The molecule has 7 nitrogen and oxygen atoms in total. The van der Waals surface area contributed by atoms with Gasteiger partial charge in [-0.25, -0.2) is 0 Å². The summed E-state index contributed by atoms with van der Waals surface area (Å²) in [6.45, 7) is 0. The fraction of sp³-hybridized carbons (Fsp3) is 0.154. The molecule has 1 unspecified atom stereocenters. The van der Waals surface area contributed by atoms with Gasteiger partial charge in [0.1, 0.15) is 5.92 Å². The minimum atomic E-state index is -0.954. The second-order valence-electron chi connectivity index (χ2n) is 4.51. The molecule has 3 aromatic rings. The third-order valence-corrected chi connectivity index (χ3v) is 3.35. The quantitative estimate of drug-likeness (QED) is 0.786. The first-order valence-electron chi connectivity index (χ1n) is 6.16. The van der Waals surface area contributed by atoms with E-state index in [0.717, 1.165) is 5.56 Å². The maximum atomic E-state index is 11.5. The van der Waals surface area contributed by atoms with Crippen molar-refractivity contribution >= 4 is 23.2 Å². The van der Waals surface area contributed by atoms with E-state index in [1.165, 1.54) is 4.63 Å². The molecule has 106 valence electrons. The zero-order chi connectivity index (χ0) is 14.8. The Morgan fingerprint density at radius 2 is 2.00 bits per heavy atom. The lowest BCUT2D eigenvalue weighted by atomic mass is 9.96. The highest BCUT2D eigenvalue weighted by atomic mass is 35.5. The van der Waals surface area contributed by atoms with Crippen LogP contribution in [0.25, 0.3) is 5.65 Å². The first-order valence-corrected chi connectivity index (χ1v) is 6.54. The Kier molecular flexibility index (Phi) is 3.49. The van der Waals surface area contributed by atoms with Crippen LogP contribution in [0.5, 0.6) is 0 Å². The van der Waals surface area contributed by atoms with E-state index >= 15 is 0 Å². The number of benzene rings is 1. The van der Waals surface area contributed by atoms with Gasteiger partial charge in [-0.3, -0.25) is 4.79 Å². The van der Waals surface area contributed by atoms with Crippen molar-refractivity contribution in [3.63, 3.8) is 0 Å². The molecular weight excluding hydrogens is 294 g/mol. The Morgan fingerprint density at radius 1 is 1.24 bits per heavy atom. The van der Waals surface area contributed by atoms with Crippen molar-refractivity contribution in [2.75, 3.05) is 0 Å². The lowest BCUT2D eigenvalue weighted by Crippen LogP contribution is -2.17. The van der Waals surface area contributed by atoms with E-state index in [1.807, 2.05) is 0 Å². The predicted octanol–water partition coefficient (Wildman–Crippen LogP) is 1.58. The van der Waals surface area contributed by atoms with Gasteiger partial charge in [0, 0.05) is 5.02 Å². The Hall–Kier alpha value is -2.54. The fourth-order valence-corrected chi connectivity index (χ4v) is 2.15. The number of nitrogens with zero attached hydrogens (tertiary/aromatic N) is 5. The molecule has 8 heteroatoms. The van der Waals surface area contributed by atoms with Crippen molar-refractivity contribution in [3.05, 3.63) is 52.7 Å². The third-order valence-electron chi connectivity index (χ3n) is 3.10. The monoisotopic (exact) mass is 303 g/mol. The summed E-state index contributed by atoms with van der Waals surface area (Å²) < 4.78 is 1.22. The van der Waals surface area contributed by atoms with Crippen molar-refractivity contribution < 1.29 is 9.90 Å². The van der Waals surface area contributed by atoms with E-state index in [2.05, 4.69) is 20.6 Å². The summed E-state index contributed by atoms with van der Waals surface area (Å²) in [5.41, 5.74) is 1.73. The minimum absolute atomic E-state index is 0.313. The van der Waals surface area contributed by atoms with Crippen LogP contribution in [-0.2, 0) is 11.2 Å². The van der Waals surface area contributed by atoms with E-state index in [0.29, 0.717) is 22.8 Å². The molecule has 3 rings (SSSR count). The van der Waals surface area contributed by atoms with Crippen LogP contribution < -0.4 is 0 Å². The van der Waals surface area contributed by atoms with E-state index in [1.54, 1.807) is 36.4 Å². The summed E-state index contributed by atoms with van der Waals surface area (Å²) in [6.07, 6.45) is 0.313. The third kappa shape index (κ3) is 2.82. The Balaban J connectivity index is 1.93. The van der Waals surface area contributed by atoms with Crippen molar-refractivity contribution in [2.45, 2.75) is 12.3 Å². The molecule has 0 radical (unpaired) electrons. The van der Waals surface area contributed by atoms with Gasteiger partial charge in [-0.1, -0.05) is 23.7 Å². The van der Waals surface area contributed by atoms with Crippen LogP contribution in [0, 0.1) is 0 Å². The molecule has 2 aromatic heterocycles. The zero-order valence-electron chi connectivity index (χ0n) is 10.7. The summed E-state index contributed by atoms with van der Waals surface area (Å²) in [5.74, 6) is -1.73. The minimum Gasteiger partial charge on any atom is -0.481 e. The molecule has 0 aliphatic heterocycles. The Bertz CT molecular complexity index is 787. The van der Waals surface area contributed by atoms with Crippen LogP contribution in [-0.4, -0.2) is 36.3 Å². The number of carbonyl (C=O) groups is 1. The van der Waals surface area contributed by atoms with Crippen LogP contribution in [0.2, 0.25) is 5.02 Å². The van der Waals surface area contributed by atoms with Gasteiger partial charge in [0.25, 0.3) is 0 Å². The van der Waals surface area contributed by atoms with Gasteiger partial charge in [-0.05, 0) is 46.7 Å². The van der Waals surface area contributed by atoms with Crippen LogP contribution >= 0.6 is 11.6 Å². The molecule has 0 spiro atoms. The molecule has 0 saturated carbocycles. The Labute approximate surface area is 124 Å². The van der Waals surface area contributed by atoms with Gasteiger partial charge < -0.3 is 5.11 Å². The van der Waals surface area contributed by atoms with Gasteiger partial charge in [0.2, 0.25) is 0 Å². The normalized spacial score (nSPS) is 12.4. The number of hydrogen-bond donors (Lipinski definition) is 1. The van der Waals surface area contributed by atoms with Crippen LogP contribution in [0.3, 0.4) is 0 Å². The fourth-order valence-electron chi connectivity index (χ4n) is 2.02. The van der Waals surface area contributed by atoms with Crippen LogP contribution in [0.15, 0.2) is 36.4 Å². The van der Waals surface area contributed by atoms with Gasteiger partial charge >= 0.3 is 5.97 Å². The highest BCUT2D eigenvalue weighted by Gasteiger charge is 2.22. The number of tetrazole rings is 1. The van der Waals surface area contributed by atoms with Crippen molar-refractivity contribution in [1.29, 1.82) is 0 Å². The predicted molar refractivity (Wildman–Crippen MR) is 74.1 cm³/mol. The van der Waals surface area contributed by atoms with Crippen molar-refractivity contribution in [2.24, 2.45) is 0 Å². The van der Waals surface area contributed by atoms with Gasteiger partial charge in [0.15, 0.2) is 5.65 Å². The summed E-state index contributed by atoms with van der Waals surface area (Å²) in [6, 6.07) is 10.3. The van der Waals surface area contributed by atoms with Gasteiger partial charge in [0.05, 0.1) is 5.69 Å². The summed E-state index contributed by atoms with van der Waals surface area (Å²) >= 11 is 5.83. The van der Waals surface area contributed by atoms with E-state index in [-0.39, 0.29) is 0 Å². The number of carboxylic acid groups (broad SMARTS) is 1.